The van der Waals surface area contributed by atoms with E-state index in [9.17, 15) is 32.8 Å². The molecule has 0 spiro atoms. The van der Waals surface area contributed by atoms with Gasteiger partial charge in [-0.3, -0.25) is 19.6 Å². The van der Waals surface area contributed by atoms with Gasteiger partial charge in [-0.2, -0.15) is 13.2 Å². The molecule has 0 saturated heterocycles. The van der Waals surface area contributed by atoms with Crippen molar-refractivity contribution in [3.05, 3.63) is 47.5 Å². The van der Waals surface area contributed by atoms with E-state index >= 15 is 0 Å². The number of thiazole rings is 1. The first-order valence-corrected chi connectivity index (χ1v) is 14.1. The maximum absolute atomic E-state index is 13.7. The number of hydrogen-bond donors (Lipinski definition) is 3. The lowest BCUT2D eigenvalue weighted by Crippen LogP contribution is -2.54. The van der Waals surface area contributed by atoms with E-state index in [1.807, 2.05) is 30.3 Å². The number of carbonyl (C=O) groups excluding carboxylic acids is 3. The summed E-state index contributed by atoms with van der Waals surface area (Å²) in [6.07, 6.45) is 0.428. The number of nitrogens with zero attached hydrogens (tertiary/aromatic N) is 2. The summed E-state index contributed by atoms with van der Waals surface area (Å²) in [5.74, 6) is -2.43. The third-order valence-electron chi connectivity index (χ3n) is 7.16. The summed E-state index contributed by atoms with van der Waals surface area (Å²) in [4.78, 5) is 42.5. The normalized spacial score (nSPS) is 16.6. The van der Waals surface area contributed by atoms with E-state index < -0.39 is 48.8 Å². The van der Waals surface area contributed by atoms with Gasteiger partial charge in [0.2, 0.25) is 18.2 Å². The van der Waals surface area contributed by atoms with Crippen LogP contribution in [0.15, 0.2) is 41.9 Å². The number of carbonyl (C=O) groups is 3. The van der Waals surface area contributed by atoms with Crippen LogP contribution in [0.4, 0.5) is 18.3 Å². The molecule has 1 saturated carbocycles. The molecule has 3 atom stereocenters. The third kappa shape index (κ3) is 9.92. The monoisotopic (exact) mass is 568 g/mol. The number of aryl methyl sites for hydroxylation is 1. The minimum absolute atomic E-state index is 0.0201. The molecule has 1 fully saturated rings. The zero-order valence-electron chi connectivity index (χ0n) is 21.6. The SMILES string of the molecule is O=CN(O)[C@@H](CCC(F)(F)F)[C@@H](CCCc1ccccc1)C(=O)N[C@H](C(=O)Nc1nccs1)C1CCCCC1. The average Bonchev–Trinajstić information content (AvgIpc) is 3.43. The molecule has 0 bridgehead atoms. The van der Waals surface area contributed by atoms with Gasteiger partial charge in [0.25, 0.3) is 0 Å². The van der Waals surface area contributed by atoms with E-state index in [0.717, 1.165) is 24.8 Å². The summed E-state index contributed by atoms with van der Waals surface area (Å²) in [6.45, 7) is 0. The molecule has 1 aromatic carbocycles. The minimum atomic E-state index is -4.54. The molecule has 0 unspecified atom stereocenters. The molecular formula is C27H35F3N4O4S. The number of rotatable bonds is 14. The van der Waals surface area contributed by atoms with Gasteiger partial charge in [0.15, 0.2) is 5.13 Å². The lowest BCUT2D eigenvalue weighted by atomic mass is 9.82. The average molecular weight is 569 g/mol. The van der Waals surface area contributed by atoms with Crippen LogP contribution in [0.3, 0.4) is 0 Å². The van der Waals surface area contributed by atoms with Crippen molar-refractivity contribution in [1.29, 1.82) is 0 Å². The van der Waals surface area contributed by atoms with E-state index in [1.54, 1.807) is 5.38 Å². The number of hydroxylamine groups is 2. The van der Waals surface area contributed by atoms with Crippen LogP contribution >= 0.6 is 11.3 Å². The number of aromatic nitrogens is 1. The number of hydrogen-bond acceptors (Lipinski definition) is 6. The minimum Gasteiger partial charge on any atom is -0.344 e. The first kappa shape index (κ1) is 30.6. The lowest BCUT2D eigenvalue weighted by molar-refractivity contribution is -0.178. The topological polar surface area (TPSA) is 112 Å². The Morgan fingerprint density at radius 3 is 2.46 bits per heavy atom. The highest BCUT2D eigenvalue weighted by molar-refractivity contribution is 7.13. The fourth-order valence-corrected chi connectivity index (χ4v) is 5.70. The van der Waals surface area contributed by atoms with E-state index in [1.165, 1.54) is 17.5 Å². The highest BCUT2D eigenvalue weighted by atomic mass is 32.1. The second kappa shape index (κ2) is 15.0. The molecule has 1 aromatic heterocycles. The summed E-state index contributed by atoms with van der Waals surface area (Å²) in [7, 11) is 0. The van der Waals surface area contributed by atoms with Gasteiger partial charge in [0.1, 0.15) is 6.04 Å². The van der Waals surface area contributed by atoms with Gasteiger partial charge in [0, 0.05) is 18.0 Å². The van der Waals surface area contributed by atoms with E-state index in [2.05, 4.69) is 15.6 Å². The molecule has 1 heterocycles. The molecule has 3 amide bonds. The predicted octanol–water partition coefficient (Wildman–Crippen LogP) is 5.34. The lowest BCUT2D eigenvalue weighted by Gasteiger charge is -2.34. The standard InChI is InChI=1S/C27H35F3N4O4S/c28-27(29,30)15-14-22(34(38)18-35)21(13-7-10-19-8-3-1-4-9-19)24(36)32-23(20-11-5-2-6-12-20)25(37)33-26-31-16-17-39-26/h1,3-4,8-9,16-18,20-23,38H,2,5-7,10-15H2,(H,32,36)(H,31,33,37)/t21-,22+,23+/m1/s1. The van der Waals surface area contributed by atoms with Crippen molar-refractivity contribution in [1.82, 2.24) is 15.4 Å². The Balaban J connectivity index is 1.82. The predicted molar refractivity (Wildman–Crippen MR) is 141 cm³/mol. The number of anilines is 1. The van der Waals surface area contributed by atoms with Crippen LogP contribution in [0.1, 0.15) is 63.4 Å². The Labute approximate surface area is 230 Å². The summed E-state index contributed by atoms with van der Waals surface area (Å²) in [5.41, 5.74) is 0.989. The zero-order valence-corrected chi connectivity index (χ0v) is 22.4. The summed E-state index contributed by atoms with van der Waals surface area (Å²) >= 11 is 1.23. The van der Waals surface area contributed by atoms with Crippen molar-refractivity contribution in [2.24, 2.45) is 11.8 Å². The maximum atomic E-state index is 13.7. The highest BCUT2D eigenvalue weighted by Crippen LogP contribution is 2.30. The molecule has 1 aliphatic carbocycles. The van der Waals surface area contributed by atoms with Crippen molar-refractivity contribution in [3.63, 3.8) is 0 Å². The molecule has 3 N–H and O–H groups in total. The molecule has 1 aliphatic rings. The number of nitrogens with one attached hydrogen (secondary N) is 2. The van der Waals surface area contributed by atoms with Gasteiger partial charge in [-0.25, -0.2) is 10.0 Å². The van der Waals surface area contributed by atoms with Crippen molar-refractivity contribution < 1.29 is 32.8 Å². The smallest absolute Gasteiger partial charge is 0.344 e. The van der Waals surface area contributed by atoms with Crippen molar-refractivity contribution in [3.8, 4) is 0 Å². The fourth-order valence-electron chi connectivity index (χ4n) is 5.17. The first-order valence-electron chi connectivity index (χ1n) is 13.2. The summed E-state index contributed by atoms with van der Waals surface area (Å²) in [6, 6.07) is 7.07. The number of benzene rings is 1. The van der Waals surface area contributed by atoms with E-state index in [0.29, 0.717) is 30.8 Å². The Hall–Kier alpha value is -2.99. The number of alkyl halides is 3. The molecule has 2 aromatic rings. The molecule has 0 radical (unpaired) electrons. The second-order valence-electron chi connectivity index (χ2n) is 9.90. The van der Waals surface area contributed by atoms with Crippen LogP contribution in [0.25, 0.3) is 0 Å². The van der Waals surface area contributed by atoms with Crippen molar-refractivity contribution in [2.75, 3.05) is 5.32 Å². The molecule has 0 aliphatic heterocycles. The second-order valence-corrected chi connectivity index (χ2v) is 10.8. The molecule has 12 heteroatoms. The van der Waals surface area contributed by atoms with Gasteiger partial charge in [-0.1, -0.05) is 49.6 Å². The largest absolute Gasteiger partial charge is 0.389 e. The van der Waals surface area contributed by atoms with Crippen molar-refractivity contribution in [2.45, 2.75) is 82.5 Å². The van der Waals surface area contributed by atoms with Crippen LogP contribution in [-0.4, -0.2) is 51.7 Å². The third-order valence-corrected chi connectivity index (χ3v) is 7.85. The zero-order chi connectivity index (χ0) is 28.3. The van der Waals surface area contributed by atoms with E-state index in [4.69, 9.17) is 0 Å². The van der Waals surface area contributed by atoms with Crippen LogP contribution in [0.2, 0.25) is 0 Å². The van der Waals surface area contributed by atoms with Gasteiger partial charge in [-0.15, -0.1) is 11.3 Å². The van der Waals surface area contributed by atoms with Gasteiger partial charge in [-0.05, 0) is 50.0 Å². The number of halogens is 3. The highest BCUT2D eigenvalue weighted by Gasteiger charge is 2.39. The Bertz CT molecular complexity index is 1030. The Morgan fingerprint density at radius 1 is 1.13 bits per heavy atom. The summed E-state index contributed by atoms with van der Waals surface area (Å²) in [5, 5.41) is 18.0. The molecule has 3 rings (SSSR count). The van der Waals surface area contributed by atoms with Crippen molar-refractivity contribution >= 4 is 34.7 Å². The molecule has 39 heavy (non-hydrogen) atoms. The number of amides is 3. The van der Waals surface area contributed by atoms with Crippen LogP contribution in [-0.2, 0) is 20.8 Å². The Morgan fingerprint density at radius 2 is 1.85 bits per heavy atom. The molecule has 8 nitrogen and oxygen atoms in total. The maximum Gasteiger partial charge on any atom is 0.389 e. The van der Waals surface area contributed by atoms with Crippen LogP contribution in [0.5, 0.6) is 0 Å². The summed E-state index contributed by atoms with van der Waals surface area (Å²) < 4.78 is 39.3. The molecule has 214 valence electrons. The van der Waals surface area contributed by atoms with Gasteiger partial charge in [0.05, 0.1) is 12.0 Å². The van der Waals surface area contributed by atoms with E-state index in [-0.39, 0.29) is 23.8 Å². The van der Waals surface area contributed by atoms with Gasteiger partial charge >= 0.3 is 6.18 Å². The van der Waals surface area contributed by atoms with Gasteiger partial charge < -0.3 is 10.6 Å². The molecular weight excluding hydrogens is 533 g/mol. The quantitative estimate of drug-likeness (QED) is 0.162. The van der Waals surface area contributed by atoms with Crippen LogP contribution < -0.4 is 10.6 Å². The Kier molecular flexibility index (Phi) is 11.7. The fraction of sp³-hybridized carbons (Fsp3) is 0.556. The van der Waals surface area contributed by atoms with Crippen LogP contribution in [0, 0.1) is 11.8 Å². The first-order chi connectivity index (χ1) is 18.7.